The van der Waals surface area contributed by atoms with E-state index in [0.29, 0.717) is 6.42 Å². The van der Waals surface area contributed by atoms with Crippen LogP contribution in [-0.2, 0) is 0 Å². The second-order valence-electron chi connectivity index (χ2n) is 8.44. The Bertz CT molecular complexity index is 496. The lowest BCUT2D eigenvalue weighted by Crippen LogP contribution is -2.33. The second kappa shape index (κ2) is 11.0. The Balaban J connectivity index is 0. The average molecular weight is 369 g/mol. The molecule has 0 heterocycles. The van der Waals surface area contributed by atoms with Crippen molar-refractivity contribution in [2.75, 3.05) is 0 Å². The number of aliphatic hydroxyl groups excluding tert-OH is 1. The minimum atomic E-state index is -1.03. The lowest BCUT2D eigenvalue weighted by Gasteiger charge is -2.24. The van der Waals surface area contributed by atoms with E-state index in [1.165, 1.54) is 0 Å². The van der Waals surface area contributed by atoms with E-state index in [9.17, 15) is 20.4 Å². The lowest BCUT2D eigenvalue weighted by atomic mass is 9.89. The minimum absolute atomic E-state index is 0.0537. The first kappa shape index (κ1) is 27.2. The zero-order chi connectivity index (χ0) is 21.3. The topological polar surface area (TPSA) is 80.9 Å². The molecule has 0 aliphatic heterocycles. The van der Waals surface area contributed by atoms with Crippen LogP contribution >= 0.6 is 0 Å². The summed E-state index contributed by atoms with van der Waals surface area (Å²) in [6.07, 6.45) is -0.0619. The van der Waals surface area contributed by atoms with Crippen LogP contribution < -0.4 is 0 Å². The van der Waals surface area contributed by atoms with Gasteiger partial charge in [-0.05, 0) is 44.9 Å². The number of hydrogen-bond acceptors (Lipinski definition) is 4. The molecule has 0 aliphatic carbocycles. The minimum Gasteiger partial charge on any atom is -0.380 e. The molecule has 0 radical (unpaired) electrons. The van der Waals surface area contributed by atoms with Crippen molar-refractivity contribution in [2.45, 2.75) is 98.6 Å². The number of hydrogen-bond donors (Lipinski definition) is 4. The van der Waals surface area contributed by atoms with E-state index in [-0.39, 0.29) is 17.8 Å². The Morgan fingerprint density at radius 1 is 0.731 bits per heavy atom. The zero-order valence-corrected chi connectivity index (χ0v) is 18.3. The molecule has 0 rings (SSSR count). The molecule has 0 spiro atoms. The molecule has 4 heteroatoms. The molecule has 0 aromatic carbocycles. The average Bonchev–Trinajstić information content (AvgIpc) is 2.51. The highest BCUT2D eigenvalue weighted by Crippen LogP contribution is 2.18. The van der Waals surface area contributed by atoms with Crippen LogP contribution in [0.4, 0.5) is 0 Å². The van der Waals surface area contributed by atoms with Crippen molar-refractivity contribution in [3.05, 3.63) is 0 Å². The summed E-state index contributed by atoms with van der Waals surface area (Å²) in [7, 11) is 0. The van der Waals surface area contributed by atoms with Gasteiger partial charge in [-0.3, -0.25) is 0 Å². The summed E-state index contributed by atoms with van der Waals surface area (Å²) >= 11 is 0. The van der Waals surface area contributed by atoms with Gasteiger partial charge in [0.05, 0.1) is 0 Å². The van der Waals surface area contributed by atoms with Gasteiger partial charge < -0.3 is 20.4 Å². The van der Waals surface area contributed by atoms with Crippen molar-refractivity contribution < 1.29 is 20.4 Å². The van der Waals surface area contributed by atoms with Gasteiger partial charge in [0.2, 0.25) is 0 Å². The van der Waals surface area contributed by atoms with Crippen molar-refractivity contribution in [2.24, 2.45) is 17.8 Å². The Kier molecular flexibility index (Phi) is 11.4. The van der Waals surface area contributed by atoms with Gasteiger partial charge in [0.15, 0.2) is 0 Å². The summed E-state index contributed by atoms with van der Waals surface area (Å²) in [4.78, 5) is 0. The Labute approximate surface area is 161 Å². The van der Waals surface area contributed by atoms with Gasteiger partial charge in [-0.15, -0.1) is 0 Å². The fourth-order valence-corrected chi connectivity index (χ4v) is 1.03. The SMILES string of the molecule is CC(C)C(C)(O)C#CC(C)(O)C(C)C.CCC(C)(O)C#CC(O)C(C)C. The van der Waals surface area contributed by atoms with Gasteiger partial charge in [-0.2, -0.15) is 0 Å². The van der Waals surface area contributed by atoms with Gasteiger partial charge >= 0.3 is 0 Å². The maximum absolute atomic E-state index is 9.85. The molecular weight excluding hydrogens is 328 g/mol. The number of aliphatic hydroxyl groups is 4. The molecule has 4 atom stereocenters. The van der Waals surface area contributed by atoms with Crippen LogP contribution in [0.25, 0.3) is 0 Å². The van der Waals surface area contributed by atoms with E-state index in [1.807, 2.05) is 48.5 Å². The Morgan fingerprint density at radius 2 is 1.08 bits per heavy atom. The van der Waals surface area contributed by atoms with E-state index in [4.69, 9.17) is 0 Å². The molecule has 4 unspecified atom stereocenters. The third-order valence-corrected chi connectivity index (χ3v) is 4.63. The molecule has 152 valence electrons. The highest BCUT2D eigenvalue weighted by molar-refractivity contribution is 5.20. The van der Waals surface area contributed by atoms with Crippen LogP contribution in [0.3, 0.4) is 0 Å². The molecule has 0 amide bonds. The maximum Gasteiger partial charge on any atom is 0.125 e. The first-order valence-electron chi connectivity index (χ1n) is 9.40. The summed E-state index contributed by atoms with van der Waals surface area (Å²) in [6, 6.07) is 0. The van der Waals surface area contributed by atoms with Gasteiger partial charge in [0, 0.05) is 0 Å². The summed E-state index contributed by atoms with van der Waals surface area (Å²) in [5, 5.41) is 38.5. The van der Waals surface area contributed by atoms with Crippen LogP contribution in [0.2, 0.25) is 0 Å². The predicted molar refractivity (Wildman–Crippen MR) is 108 cm³/mol. The summed E-state index contributed by atoms with van der Waals surface area (Å²) in [5.74, 6) is 11.0. The molecule has 0 aliphatic rings. The fraction of sp³-hybridized carbons (Fsp3) is 0.818. The molecule has 0 saturated heterocycles. The van der Waals surface area contributed by atoms with E-state index in [2.05, 4.69) is 23.7 Å². The highest BCUT2D eigenvalue weighted by atomic mass is 16.3. The first-order chi connectivity index (χ1) is 11.5. The maximum atomic E-state index is 9.85. The van der Waals surface area contributed by atoms with Gasteiger partial charge in [0.1, 0.15) is 22.9 Å². The molecule has 4 N–H and O–H groups in total. The monoisotopic (exact) mass is 368 g/mol. The quantitative estimate of drug-likeness (QED) is 0.575. The van der Waals surface area contributed by atoms with Gasteiger partial charge in [-0.25, -0.2) is 0 Å². The standard InChI is InChI=1S/C12H22O2.C10H18O2/c1-9(2)11(5,13)7-8-12(6,14)10(3)4;1-5-10(4,12)7-6-9(11)8(2)3/h9-10,13-14H,1-6H3;8-9,11-12H,5H2,1-4H3. The molecule has 0 aromatic rings. The van der Waals surface area contributed by atoms with Crippen LogP contribution in [0, 0.1) is 41.4 Å². The summed E-state index contributed by atoms with van der Waals surface area (Å²) in [6.45, 7) is 18.2. The lowest BCUT2D eigenvalue weighted by molar-refractivity contribution is 0.0611. The van der Waals surface area contributed by atoms with Crippen molar-refractivity contribution in [1.29, 1.82) is 0 Å². The Hall–Kier alpha value is -1.04. The zero-order valence-electron chi connectivity index (χ0n) is 18.3. The fourth-order valence-electron chi connectivity index (χ4n) is 1.03. The molecule has 4 nitrogen and oxygen atoms in total. The molecule has 0 aromatic heterocycles. The van der Waals surface area contributed by atoms with E-state index >= 15 is 0 Å². The van der Waals surface area contributed by atoms with Crippen LogP contribution in [0.15, 0.2) is 0 Å². The third-order valence-electron chi connectivity index (χ3n) is 4.63. The van der Waals surface area contributed by atoms with Gasteiger partial charge in [0.25, 0.3) is 0 Å². The summed E-state index contributed by atoms with van der Waals surface area (Å²) in [5.41, 5.74) is -3.02. The van der Waals surface area contributed by atoms with Crippen molar-refractivity contribution in [3.8, 4) is 23.7 Å². The van der Waals surface area contributed by atoms with Crippen LogP contribution in [0.5, 0.6) is 0 Å². The van der Waals surface area contributed by atoms with Gasteiger partial charge in [-0.1, -0.05) is 72.1 Å². The predicted octanol–water partition coefficient (Wildman–Crippen LogP) is 2.97. The van der Waals surface area contributed by atoms with Crippen molar-refractivity contribution in [1.82, 2.24) is 0 Å². The number of rotatable bonds is 4. The molecule has 26 heavy (non-hydrogen) atoms. The Morgan fingerprint density at radius 3 is 1.31 bits per heavy atom. The van der Waals surface area contributed by atoms with Crippen molar-refractivity contribution in [3.63, 3.8) is 0 Å². The smallest absolute Gasteiger partial charge is 0.125 e. The largest absolute Gasteiger partial charge is 0.380 e. The highest BCUT2D eigenvalue weighted by Gasteiger charge is 2.25. The molecule has 0 saturated carbocycles. The molecular formula is C22H40O4. The molecule has 0 bridgehead atoms. The van der Waals surface area contributed by atoms with E-state index in [1.54, 1.807) is 20.8 Å². The first-order valence-corrected chi connectivity index (χ1v) is 9.40. The van der Waals surface area contributed by atoms with Crippen molar-refractivity contribution >= 4 is 0 Å². The molecule has 0 fully saturated rings. The second-order valence-corrected chi connectivity index (χ2v) is 8.44. The third kappa shape index (κ3) is 11.6. The summed E-state index contributed by atoms with van der Waals surface area (Å²) < 4.78 is 0. The van der Waals surface area contributed by atoms with Crippen LogP contribution in [0.1, 0.15) is 75.7 Å². The van der Waals surface area contributed by atoms with E-state index in [0.717, 1.165) is 0 Å². The normalized spacial score (nSPS) is 19.0. The van der Waals surface area contributed by atoms with Crippen LogP contribution in [-0.4, -0.2) is 43.3 Å². The van der Waals surface area contributed by atoms with E-state index < -0.39 is 22.9 Å².